The number of rotatable bonds is 11. The zero-order chi connectivity index (χ0) is 24.4. The van der Waals surface area contributed by atoms with E-state index in [9.17, 15) is 14.7 Å². The van der Waals surface area contributed by atoms with Gasteiger partial charge in [-0.1, -0.05) is 29.9 Å². The number of anilines is 1. The largest absolute Gasteiger partial charge is 0.508 e. The van der Waals surface area contributed by atoms with Gasteiger partial charge in [-0.2, -0.15) is 0 Å². The zero-order valence-electron chi connectivity index (χ0n) is 19.5. The van der Waals surface area contributed by atoms with Crippen molar-refractivity contribution < 1.29 is 29.3 Å². The zero-order valence-corrected chi connectivity index (χ0v) is 19.5. The summed E-state index contributed by atoms with van der Waals surface area (Å²) in [7, 11) is 1.50. The lowest BCUT2D eigenvalue weighted by atomic mass is 10.00. The molecule has 7 nitrogen and oxygen atoms in total. The second kappa shape index (κ2) is 12.3. The van der Waals surface area contributed by atoms with Gasteiger partial charge in [0.05, 0.1) is 25.8 Å². The fourth-order valence-electron chi connectivity index (χ4n) is 3.14. The highest BCUT2D eigenvalue weighted by atomic mass is 16.5. The summed E-state index contributed by atoms with van der Waals surface area (Å²) in [5.74, 6) is -0.202. The Morgan fingerprint density at radius 1 is 1.06 bits per heavy atom. The number of carboxylic acid groups (broad SMARTS) is 1. The van der Waals surface area contributed by atoms with Crippen LogP contribution >= 0.6 is 0 Å². The number of nitrogens with one attached hydrogen (secondary N) is 1. The molecule has 7 heteroatoms. The molecule has 0 aliphatic rings. The van der Waals surface area contributed by atoms with E-state index in [1.165, 1.54) is 12.7 Å². The van der Waals surface area contributed by atoms with Gasteiger partial charge in [0.15, 0.2) is 0 Å². The smallest absolute Gasteiger partial charge is 0.303 e. The first-order valence-electron chi connectivity index (χ1n) is 10.7. The van der Waals surface area contributed by atoms with Crippen LogP contribution in [0.1, 0.15) is 50.3 Å². The van der Waals surface area contributed by atoms with Crippen molar-refractivity contribution in [1.82, 2.24) is 0 Å². The van der Waals surface area contributed by atoms with Crippen LogP contribution in [0.15, 0.2) is 42.0 Å². The Morgan fingerprint density at radius 3 is 2.45 bits per heavy atom. The summed E-state index contributed by atoms with van der Waals surface area (Å²) in [6.45, 7) is 6.46. The summed E-state index contributed by atoms with van der Waals surface area (Å²) in [6.07, 6.45) is 6.21. The van der Waals surface area contributed by atoms with E-state index in [1.807, 2.05) is 39.0 Å². The van der Waals surface area contributed by atoms with Crippen molar-refractivity contribution in [3.05, 3.63) is 58.7 Å². The first-order chi connectivity index (χ1) is 15.7. The summed E-state index contributed by atoms with van der Waals surface area (Å²) in [5, 5.41) is 21.6. The SMILES string of the molecule is CCOc1cc(O)cc(C=Cc2ccc(NC(=O)CCC(=O)O)c(OC)c2)c1CC=C(C)C. The molecule has 0 unspecified atom stereocenters. The molecule has 0 fully saturated rings. The van der Waals surface area contributed by atoms with Crippen LogP contribution in [0, 0.1) is 0 Å². The molecule has 0 aliphatic heterocycles. The van der Waals surface area contributed by atoms with Crippen molar-refractivity contribution in [3.63, 3.8) is 0 Å². The molecule has 0 radical (unpaired) electrons. The number of carbonyl (C=O) groups excluding carboxylic acids is 1. The molecule has 0 aliphatic carbocycles. The first-order valence-corrected chi connectivity index (χ1v) is 10.7. The quantitative estimate of drug-likeness (QED) is 0.316. The molecule has 0 heterocycles. The van der Waals surface area contributed by atoms with Gasteiger partial charge in [-0.25, -0.2) is 0 Å². The summed E-state index contributed by atoms with van der Waals surface area (Å²) < 4.78 is 11.1. The minimum Gasteiger partial charge on any atom is -0.508 e. The second-order valence-corrected chi connectivity index (χ2v) is 7.67. The third-order valence-corrected chi connectivity index (χ3v) is 4.76. The fourth-order valence-corrected chi connectivity index (χ4v) is 3.14. The first kappa shape index (κ1) is 25.5. The maximum absolute atomic E-state index is 12.0. The van der Waals surface area contributed by atoms with Crippen molar-refractivity contribution in [3.8, 4) is 17.2 Å². The summed E-state index contributed by atoms with van der Waals surface area (Å²) >= 11 is 0. The Kier molecular flexibility index (Phi) is 9.54. The molecular weight excluding hydrogens is 422 g/mol. The van der Waals surface area contributed by atoms with Crippen molar-refractivity contribution in [2.75, 3.05) is 19.0 Å². The van der Waals surface area contributed by atoms with Gasteiger partial charge in [-0.05, 0) is 56.5 Å². The Bertz CT molecular complexity index is 1050. The lowest BCUT2D eigenvalue weighted by molar-refractivity contribution is -0.138. The van der Waals surface area contributed by atoms with E-state index < -0.39 is 11.9 Å². The van der Waals surface area contributed by atoms with Crippen molar-refractivity contribution >= 4 is 29.7 Å². The maximum Gasteiger partial charge on any atom is 0.303 e. The van der Waals surface area contributed by atoms with Crippen LogP contribution in [-0.2, 0) is 16.0 Å². The highest BCUT2D eigenvalue weighted by Gasteiger charge is 2.12. The number of phenols is 1. The van der Waals surface area contributed by atoms with Gasteiger partial charge in [-0.3, -0.25) is 9.59 Å². The number of methoxy groups -OCH3 is 1. The molecule has 2 aromatic carbocycles. The van der Waals surface area contributed by atoms with E-state index in [1.54, 1.807) is 24.3 Å². The minimum atomic E-state index is -1.03. The highest BCUT2D eigenvalue weighted by Crippen LogP contribution is 2.32. The normalized spacial score (nSPS) is 10.7. The van der Waals surface area contributed by atoms with E-state index in [2.05, 4.69) is 11.4 Å². The van der Waals surface area contributed by atoms with Crippen molar-refractivity contribution in [1.29, 1.82) is 0 Å². The Hall–Kier alpha value is -3.74. The van der Waals surface area contributed by atoms with Crippen LogP contribution in [0.5, 0.6) is 17.2 Å². The molecule has 3 N–H and O–H groups in total. The van der Waals surface area contributed by atoms with Crippen LogP contribution in [0.4, 0.5) is 5.69 Å². The van der Waals surface area contributed by atoms with E-state index in [0.29, 0.717) is 30.2 Å². The van der Waals surface area contributed by atoms with E-state index in [0.717, 1.165) is 16.7 Å². The Balaban J connectivity index is 2.32. The van der Waals surface area contributed by atoms with Crippen LogP contribution in [-0.4, -0.2) is 35.8 Å². The number of hydrogen-bond acceptors (Lipinski definition) is 5. The molecular formula is C26H31NO6. The molecule has 33 heavy (non-hydrogen) atoms. The predicted octanol–water partition coefficient (Wildman–Crippen LogP) is 5.28. The lowest BCUT2D eigenvalue weighted by Gasteiger charge is -2.13. The van der Waals surface area contributed by atoms with Gasteiger partial charge in [0, 0.05) is 18.1 Å². The van der Waals surface area contributed by atoms with Crippen LogP contribution in [0.25, 0.3) is 12.2 Å². The monoisotopic (exact) mass is 453 g/mol. The van der Waals surface area contributed by atoms with E-state index in [-0.39, 0.29) is 18.6 Å². The van der Waals surface area contributed by atoms with Gasteiger partial charge in [0.25, 0.3) is 0 Å². The van der Waals surface area contributed by atoms with Crippen molar-refractivity contribution in [2.24, 2.45) is 0 Å². The number of hydrogen-bond donors (Lipinski definition) is 3. The molecule has 2 rings (SSSR count). The molecule has 0 saturated carbocycles. The number of phenolic OH excluding ortho intramolecular Hbond substituents is 1. The summed E-state index contributed by atoms with van der Waals surface area (Å²) in [5.41, 5.74) is 4.28. The van der Waals surface area contributed by atoms with Gasteiger partial charge in [0.1, 0.15) is 17.2 Å². The molecule has 2 aromatic rings. The van der Waals surface area contributed by atoms with Gasteiger partial charge in [-0.15, -0.1) is 0 Å². The Labute approximate surface area is 194 Å². The molecule has 176 valence electrons. The molecule has 0 bridgehead atoms. The van der Waals surface area contributed by atoms with Crippen LogP contribution in [0.2, 0.25) is 0 Å². The van der Waals surface area contributed by atoms with Crippen LogP contribution < -0.4 is 14.8 Å². The average Bonchev–Trinajstić information content (AvgIpc) is 2.76. The third-order valence-electron chi connectivity index (χ3n) is 4.76. The number of aliphatic carboxylic acids is 1. The summed E-state index contributed by atoms with van der Waals surface area (Å²) in [6, 6.07) is 8.61. The molecule has 0 aromatic heterocycles. The maximum atomic E-state index is 12.0. The summed E-state index contributed by atoms with van der Waals surface area (Å²) in [4.78, 5) is 22.6. The van der Waals surface area contributed by atoms with Crippen molar-refractivity contribution in [2.45, 2.75) is 40.0 Å². The van der Waals surface area contributed by atoms with Gasteiger partial charge >= 0.3 is 5.97 Å². The lowest BCUT2D eigenvalue weighted by Crippen LogP contribution is -2.13. The standard InChI is InChI=1S/C26H31NO6/c1-5-33-23-16-20(28)15-19(21(23)10-6-17(2)3)9-7-18-8-11-22(24(14-18)32-4)27-25(29)12-13-26(30)31/h6-9,11,14-16,28H,5,10,12-13H2,1-4H3,(H,27,29)(H,30,31). The number of aromatic hydroxyl groups is 1. The van der Waals surface area contributed by atoms with E-state index in [4.69, 9.17) is 14.6 Å². The second-order valence-electron chi connectivity index (χ2n) is 7.67. The molecule has 0 saturated heterocycles. The minimum absolute atomic E-state index is 0.117. The number of amides is 1. The molecule has 0 spiro atoms. The third kappa shape index (κ3) is 8.03. The topological polar surface area (TPSA) is 105 Å². The number of benzene rings is 2. The molecule has 1 amide bonds. The molecule has 0 atom stereocenters. The van der Waals surface area contributed by atoms with Gasteiger partial charge < -0.3 is 25.0 Å². The van der Waals surface area contributed by atoms with Crippen LogP contribution in [0.3, 0.4) is 0 Å². The average molecular weight is 454 g/mol. The number of carbonyl (C=O) groups is 2. The number of ether oxygens (including phenoxy) is 2. The fraction of sp³-hybridized carbons (Fsp3) is 0.308. The predicted molar refractivity (Wildman–Crippen MR) is 130 cm³/mol. The van der Waals surface area contributed by atoms with E-state index >= 15 is 0 Å². The number of allylic oxidation sites excluding steroid dienone is 2. The van der Waals surface area contributed by atoms with Gasteiger partial charge in [0.2, 0.25) is 5.91 Å². The Morgan fingerprint density at radius 2 is 1.82 bits per heavy atom. The highest BCUT2D eigenvalue weighted by molar-refractivity contribution is 5.94. The number of carboxylic acids is 1.